The third-order valence-corrected chi connectivity index (χ3v) is 6.66. The first-order chi connectivity index (χ1) is 14.0. The second-order valence-electron chi connectivity index (χ2n) is 7.85. The first-order valence-electron chi connectivity index (χ1n) is 10.5. The second-order valence-corrected chi connectivity index (χ2v) is 9.04. The lowest BCUT2D eigenvalue weighted by Gasteiger charge is -2.18. The van der Waals surface area contributed by atoms with Gasteiger partial charge in [0, 0.05) is 11.4 Å². The number of benzene rings is 1. The van der Waals surface area contributed by atoms with Crippen LogP contribution in [0.4, 0.5) is 5.69 Å². The van der Waals surface area contributed by atoms with E-state index in [9.17, 15) is 10.1 Å². The molecule has 152 valence electrons. The standard InChI is InChI=1S/C24H29N3OS/c1-4-22(23(28)26-20-12-16(2)11-17(3)13-20)29-24-19(15-25)14-18-9-7-5-6-8-10-21(18)27-24/h11-14,22H,4-10H2,1-3H3,(H,26,28). The molecule has 1 amide bonds. The van der Waals surface area contributed by atoms with Crippen molar-refractivity contribution in [1.29, 1.82) is 5.26 Å². The van der Waals surface area contributed by atoms with Crippen molar-refractivity contribution >= 4 is 23.4 Å². The van der Waals surface area contributed by atoms with Gasteiger partial charge >= 0.3 is 0 Å². The van der Waals surface area contributed by atoms with E-state index in [0.717, 1.165) is 48.2 Å². The quantitative estimate of drug-likeness (QED) is 0.642. The summed E-state index contributed by atoms with van der Waals surface area (Å²) in [6.07, 6.45) is 7.40. The zero-order valence-electron chi connectivity index (χ0n) is 17.5. The van der Waals surface area contributed by atoms with Crippen LogP contribution in [0.2, 0.25) is 0 Å². The number of rotatable bonds is 5. The number of anilines is 1. The van der Waals surface area contributed by atoms with E-state index in [4.69, 9.17) is 4.98 Å². The molecular formula is C24H29N3OS. The average Bonchev–Trinajstić information content (AvgIpc) is 2.65. The molecule has 1 aliphatic rings. The van der Waals surface area contributed by atoms with Crippen molar-refractivity contribution in [1.82, 2.24) is 4.98 Å². The normalized spacial score (nSPS) is 14.8. The minimum Gasteiger partial charge on any atom is -0.325 e. The van der Waals surface area contributed by atoms with Crippen LogP contribution in [0.3, 0.4) is 0 Å². The topological polar surface area (TPSA) is 65.8 Å². The monoisotopic (exact) mass is 407 g/mol. The van der Waals surface area contributed by atoms with Crippen LogP contribution in [0.25, 0.3) is 0 Å². The van der Waals surface area contributed by atoms with Crippen LogP contribution in [0.15, 0.2) is 29.3 Å². The minimum atomic E-state index is -0.290. The number of thioether (sulfide) groups is 1. The third kappa shape index (κ3) is 5.61. The number of nitriles is 1. The molecule has 0 saturated heterocycles. The number of aromatic nitrogens is 1. The van der Waals surface area contributed by atoms with Crippen LogP contribution < -0.4 is 5.32 Å². The molecule has 0 bridgehead atoms. The predicted octanol–water partition coefficient (Wildman–Crippen LogP) is 5.74. The van der Waals surface area contributed by atoms with Gasteiger partial charge in [0.15, 0.2) is 0 Å². The van der Waals surface area contributed by atoms with Gasteiger partial charge in [-0.15, -0.1) is 0 Å². The Labute approximate surface area is 178 Å². The molecule has 2 aromatic rings. The molecule has 1 aromatic heterocycles. The highest BCUT2D eigenvalue weighted by Crippen LogP contribution is 2.31. The van der Waals surface area contributed by atoms with Crippen LogP contribution in [0, 0.1) is 25.2 Å². The highest BCUT2D eigenvalue weighted by atomic mass is 32.2. The van der Waals surface area contributed by atoms with Crippen LogP contribution in [-0.2, 0) is 17.6 Å². The first kappa shape index (κ1) is 21.4. The number of nitrogens with zero attached hydrogens (tertiary/aromatic N) is 2. The lowest BCUT2D eigenvalue weighted by Crippen LogP contribution is -2.25. The Morgan fingerprint density at radius 3 is 2.48 bits per heavy atom. The molecule has 0 fully saturated rings. The fourth-order valence-corrected chi connectivity index (χ4v) is 4.86. The smallest absolute Gasteiger partial charge is 0.237 e. The van der Waals surface area contributed by atoms with E-state index >= 15 is 0 Å². The van der Waals surface area contributed by atoms with E-state index in [2.05, 4.69) is 17.5 Å². The molecule has 1 heterocycles. The summed E-state index contributed by atoms with van der Waals surface area (Å²) >= 11 is 1.41. The van der Waals surface area contributed by atoms with Crippen molar-refractivity contribution in [2.24, 2.45) is 0 Å². The molecule has 4 nitrogen and oxygen atoms in total. The molecule has 3 rings (SSSR count). The lowest BCUT2D eigenvalue weighted by molar-refractivity contribution is -0.115. The fraction of sp³-hybridized carbons (Fsp3) is 0.458. The molecule has 1 aromatic carbocycles. The van der Waals surface area contributed by atoms with Gasteiger partial charge in [-0.2, -0.15) is 5.26 Å². The maximum absolute atomic E-state index is 12.9. The van der Waals surface area contributed by atoms with Crippen LogP contribution >= 0.6 is 11.8 Å². The molecule has 5 heteroatoms. The average molecular weight is 408 g/mol. The van der Waals surface area contributed by atoms with Gasteiger partial charge in [-0.25, -0.2) is 4.98 Å². The lowest BCUT2D eigenvalue weighted by atomic mass is 9.96. The Bertz CT molecular complexity index is 912. The number of aryl methyl sites for hydroxylation is 4. The largest absolute Gasteiger partial charge is 0.325 e. The molecule has 1 atom stereocenters. The van der Waals surface area contributed by atoms with Crippen molar-refractivity contribution in [3.8, 4) is 6.07 Å². The van der Waals surface area contributed by atoms with Gasteiger partial charge in [0.2, 0.25) is 5.91 Å². The second kappa shape index (κ2) is 9.93. The number of fused-ring (bicyclic) bond motifs is 1. The Hall–Kier alpha value is -2.32. The van der Waals surface area contributed by atoms with E-state index in [1.54, 1.807) is 0 Å². The highest BCUT2D eigenvalue weighted by molar-refractivity contribution is 8.00. The van der Waals surface area contributed by atoms with Gasteiger partial charge in [0.05, 0.1) is 10.8 Å². The highest BCUT2D eigenvalue weighted by Gasteiger charge is 2.22. The summed E-state index contributed by atoms with van der Waals surface area (Å²) in [6, 6.07) is 10.3. The van der Waals surface area contributed by atoms with Gasteiger partial charge in [0.1, 0.15) is 11.1 Å². The Balaban J connectivity index is 1.81. The molecule has 1 aliphatic carbocycles. The van der Waals surface area contributed by atoms with Gasteiger partial charge in [-0.3, -0.25) is 4.79 Å². The van der Waals surface area contributed by atoms with Gasteiger partial charge in [0.25, 0.3) is 0 Å². The summed E-state index contributed by atoms with van der Waals surface area (Å²) in [5, 5.41) is 13.1. The molecule has 0 spiro atoms. The SMILES string of the molecule is CCC(Sc1nc2c(cc1C#N)CCCCCC2)C(=O)Nc1cc(C)cc(C)c1. The van der Waals surface area contributed by atoms with E-state index in [-0.39, 0.29) is 11.2 Å². The summed E-state index contributed by atoms with van der Waals surface area (Å²) in [7, 11) is 0. The number of amides is 1. The summed E-state index contributed by atoms with van der Waals surface area (Å²) in [5.41, 5.74) is 5.96. The number of nitrogens with one attached hydrogen (secondary N) is 1. The molecule has 1 N–H and O–H groups in total. The number of hydrogen-bond acceptors (Lipinski definition) is 4. The summed E-state index contributed by atoms with van der Waals surface area (Å²) in [6.45, 7) is 6.05. The third-order valence-electron chi connectivity index (χ3n) is 5.29. The summed E-state index contributed by atoms with van der Waals surface area (Å²) in [4.78, 5) is 17.8. The molecule has 0 saturated carbocycles. The number of hydrogen-bond donors (Lipinski definition) is 1. The van der Waals surface area contributed by atoms with Crippen LogP contribution in [-0.4, -0.2) is 16.1 Å². The van der Waals surface area contributed by atoms with E-state index in [1.807, 2.05) is 39.0 Å². The zero-order valence-corrected chi connectivity index (χ0v) is 18.4. The number of carbonyl (C=O) groups excluding carboxylic acids is 1. The van der Waals surface area contributed by atoms with Crippen molar-refractivity contribution < 1.29 is 4.79 Å². The van der Waals surface area contributed by atoms with Crippen LogP contribution in [0.1, 0.15) is 67.0 Å². The van der Waals surface area contributed by atoms with Gasteiger partial charge in [-0.05, 0) is 80.8 Å². The number of carbonyl (C=O) groups is 1. The zero-order chi connectivity index (χ0) is 20.8. The van der Waals surface area contributed by atoms with E-state index in [0.29, 0.717) is 17.0 Å². The fourth-order valence-electron chi connectivity index (χ4n) is 3.86. The van der Waals surface area contributed by atoms with Gasteiger partial charge in [-0.1, -0.05) is 37.6 Å². The molecule has 0 radical (unpaired) electrons. The van der Waals surface area contributed by atoms with Crippen molar-refractivity contribution in [2.75, 3.05) is 5.32 Å². The first-order valence-corrected chi connectivity index (χ1v) is 11.4. The minimum absolute atomic E-state index is 0.0417. The van der Waals surface area contributed by atoms with Gasteiger partial charge < -0.3 is 5.32 Å². The Morgan fingerprint density at radius 2 is 1.83 bits per heavy atom. The Kier molecular flexibility index (Phi) is 7.33. The van der Waals surface area contributed by atoms with E-state index < -0.39 is 0 Å². The molecule has 0 aliphatic heterocycles. The van der Waals surface area contributed by atoms with Crippen LogP contribution in [0.5, 0.6) is 0 Å². The van der Waals surface area contributed by atoms with Crippen molar-refractivity contribution in [2.45, 2.75) is 76.0 Å². The molecule has 1 unspecified atom stereocenters. The molecule has 29 heavy (non-hydrogen) atoms. The van der Waals surface area contributed by atoms with E-state index in [1.165, 1.54) is 30.2 Å². The summed E-state index contributed by atoms with van der Waals surface area (Å²) < 4.78 is 0. The molecular weight excluding hydrogens is 378 g/mol. The number of pyridine rings is 1. The Morgan fingerprint density at radius 1 is 1.14 bits per heavy atom. The summed E-state index contributed by atoms with van der Waals surface area (Å²) in [5.74, 6) is -0.0417. The van der Waals surface area contributed by atoms with Crippen molar-refractivity contribution in [3.63, 3.8) is 0 Å². The predicted molar refractivity (Wildman–Crippen MR) is 119 cm³/mol. The maximum atomic E-state index is 12.9. The maximum Gasteiger partial charge on any atom is 0.237 e. The van der Waals surface area contributed by atoms with Crippen molar-refractivity contribution in [3.05, 3.63) is 52.2 Å².